The molecule has 1 aliphatic heterocycles. The number of nitrogens with zero attached hydrogens (tertiary/aromatic N) is 2. The normalized spacial score (nSPS) is 17.0. The van der Waals surface area contributed by atoms with Gasteiger partial charge in [0.1, 0.15) is 5.82 Å². The molecule has 0 aromatic heterocycles. The number of piperazine rings is 1. The zero-order valence-corrected chi connectivity index (χ0v) is 14.6. The van der Waals surface area contributed by atoms with Gasteiger partial charge < -0.3 is 10.2 Å². The SMILES string of the molecule is CC(CC(=O)N1CCN(C(C)C)CC1)c1ccc(NC=O)c(F)c1. The molecule has 132 valence electrons. The fourth-order valence-corrected chi connectivity index (χ4v) is 3.02. The van der Waals surface area contributed by atoms with E-state index in [0.29, 0.717) is 18.9 Å². The Morgan fingerprint density at radius 2 is 1.92 bits per heavy atom. The number of halogens is 1. The highest BCUT2D eigenvalue weighted by Crippen LogP contribution is 2.24. The number of carbonyl (C=O) groups excluding carboxylic acids is 2. The zero-order valence-electron chi connectivity index (χ0n) is 14.6. The third kappa shape index (κ3) is 4.54. The Morgan fingerprint density at radius 3 is 2.46 bits per heavy atom. The maximum Gasteiger partial charge on any atom is 0.223 e. The molecule has 0 bridgehead atoms. The molecule has 0 radical (unpaired) electrons. The molecular weight excluding hydrogens is 309 g/mol. The Bertz CT molecular complexity index is 584. The topological polar surface area (TPSA) is 52.7 Å². The lowest BCUT2D eigenvalue weighted by molar-refractivity contribution is -0.133. The molecule has 5 nitrogen and oxygen atoms in total. The highest BCUT2D eigenvalue weighted by Gasteiger charge is 2.24. The molecule has 1 atom stereocenters. The van der Waals surface area contributed by atoms with Gasteiger partial charge in [0.25, 0.3) is 0 Å². The van der Waals surface area contributed by atoms with Crippen molar-refractivity contribution in [1.82, 2.24) is 9.80 Å². The number of rotatable bonds is 6. The molecular formula is C18H26FN3O2. The van der Waals surface area contributed by atoms with Crippen molar-refractivity contribution < 1.29 is 14.0 Å². The van der Waals surface area contributed by atoms with Gasteiger partial charge in [0, 0.05) is 38.6 Å². The number of benzene rings is 1. The van der Waals surface area contributed by atoms with Crippen molar-refractivity contribution in [2.24, 2.45) is 0 Å². The van der Waals surface area contributed by atoms with Crippen LogP contribution in [0.3, 0.4) is 0 Å². The van der Waals surface area contributed by atoms with Crippen LogP contribution in [0.4, 0.5) is 10.1 Å². The van der Waals surface area contributed by atoms with Crippen molar-refractivity contribution in [3.63, 3.8) is 0 Å². The van der Waals surface area contributed by atoms with Crippen molar-refractivity contribution in [2.45, 2.75) is 39.2 Å². The van der Waals surface area contributed by atoms with E-state index in [2.05, 4.69) is 24.1 Å². The highest BCUT2D eigenvalue weighted by atomic mass is 19.1. The molecule has 0 aliphatic carbocycles. The molecule has 0 spiro atoms. The average molecular weight is 335 g/mol. The third-order valence-corrected chi connectivity index (χ3v) is 4.65. The molecule has 1 N–H and O–H groups in total. The number of hydrogen-bond acceptors (Lipinski definition) is 3. The predicted molar refractivity (Wildman–Crippen MR) is 92.4 cm³/mol. The minimum Gasteiger partial charge on any atom is -0.340 e. The van der Waals surface area contributed by atoms with Gasteiger partial charge in [-0.1, -0.05) is 13.0 Å². The van der Waals surface area contributed by atoms with Crippen LogP contribution in [-0.4, -0.2) is 54.3 Å². The Balaban J connectivity index is 1.92. The van der Waals surface area contributed by atoms with Gasteiger partial charge in [-0.05, 0) is 37.5 Å². The van der Waals surface area contributed by atoms with Crippen LogP contribution >= 0.6 is 0 Å². The Kier molecular flexibility index (Phi) is 6.31. The summed E-state index contributed by atoms with van der Waals surface area (Å²) in [6.07, 6.45) is 0.809. The zero-order chi connectivity index (χ0) is 17.7. The first-order valence-electron chi connectivity index (χ1n) is 8.43. The van der Waals surface area contributed by atoms with E-state index in [-0.39, 0.29) is 17.5 Å². The predicted octanol–water partition coefficient (Wildman–Crippen LogP) is 2.44. The summed E-state index contributed by atoms with van der Waals surface area (Å²) in [7, 11) is 0. The van der Waals surface area contributed by atoms with Gasteiger partial charge in [0.2, 0.25) is 12.3 Å². The van der Waals surface area contributed by atoms with Crippen LogP contribution in [0.25, 0.3) is 0 Å². The number of anilines is 1. The van der Waals surface area contributed by atoms with Crippen molar-refractivity contribution in [3.8, 4) is 0 Å². The van der Waals surface area contributed by atoms with Gasteiger partial charge in [0.05, 0.1) is 5.69 Å². The van der Waals surface area contributed by atoms with E-state index >= 15 is 0 Å². The molecule has 1 aromatic rings. The van der Waals surface area contributed by atoms with E-state index in [4.69, 9.17) is 0 Å². The summed E-state index contributed by atoms with van der Waals surface area (Å²) in [5.41, 5.74) is 0.912. The molecule has 1 unspecified atom stereocenters. The first-order valence-corrected chi connectivity index (χ1v) is 8.43. The van der Waals surface area contributed by atoms with E-state index in [1.165, 1.54) is 12.1 Å². The molecule has 2 rings (SSSR count). The summed E-state index contributed by atoms with van der Waals surface area (Å²) in [4.78, 5) is 27.1. The molecule has 1 aromatic carbocycles. The molecule has 1 saturated heterocycles. The van der Waals surface area contributed by atoms with Crippen LogP contribution in [0.5, 0.6) is 0 Å². The standard InChI is InChI=1S/C18H26FN3O2/c1-13(2)21-6-8-22(9-7-21)18(24)10-14(3)15-4-5-17(20-12-23)16(19)11-15/h4-5,11-14H,6-10H2,1-3H3,(H,20,23). The van der Waals surface area contributed by atoms with Crippen LogP contribution in [0, 0.1) is 5.82 Å². The third-order valence-electron chi connectivity index (χ3n) is 4.65. The van der Waals surface area contributed by atoms with Crippen molar-refractivity contribution in [1.29, 1.82) is 0 Å². The van der Waals surface area contributed by atoms with E-state index in [9.17, 15) is 14.0 Å². The lowest BCUT2D eigenvalue weighted by Gasteiger charge is -2.37. The van der Waals surface area contributed by atoms with Gasteiger partial charge in [-0.3, -0.25) is 14.5 Å². The number of carbonyl (C=O) groups is 2. The van der Waals surface area contributed by atoms with E-state index in [0.717, 1.165) is 31.7 Å². The monoisotopic (exact) mass is 335 g/mol. The minimum atomic E-state index is -0.482. The first kappa shape index (κ1) is 18.4. The van der Waals surface area contributed by atoms with E-state index in [1.54, 1.807) is 6.07 Å². The highest BCUT2D eigenvalue weighted by molar-refractivity contribution is 5.77. The Morgan fingerprint density at radius 1 is 1.25 bits per heavy atom. The van der Waals surface area contributed by atoms with Gasteiger partial charge in [-0.2, -0.15) is 0 Å². The summed E-state index contributed by atoms with van der Waals surface area (Å²) >= 11 is 0. The number of nitrogens with one attached hydrogen (secondary N) is 1. The fraction of sp³-hybridized carbons (Fsp3) is 0.556. The van der Waals surface area contributed by atoms with Gasteiger partial charge in [-0.15, -0.1) is 0 Å². The van der Waals surface area contributed by atoms with Crippen LogP contribution in [0.1, 0.15) is 38.7 Å². The van der Waals surface area contributed by atoms with Crippen molar-refractivity contribution >= 4 is 18.0 Å². The summed E-state index contributed by atoms with van der Waals surface area (Å²) in [5, 5.41) is 2.31. The summed E-state index contributed by atoms with van der Waals surface area (Å²) < 4.78 is 13.9. The van der Waals surface area contributed by atoms with Crippen LogP contribution < -0.4 is 5.32 Å². The maximum absolute atomic E-state index is 13.9. The molecule has 2 amide bonds. The smallest absolute Gasteiger partial charge is 0.223 e. The van der Waals surface area contributed by atoms with Crippen LogP contribution in [-0.2, 0) is 9.59 Å². The Labute approximate surface area is 142 Å². The van der Waals surface area contributed by atoms with Gasteiger partial charge in [-0.25, -0.2) is 4.39 Å². The van der Waals surface area contributed by atoms with Gasteiger partial charge in [0.15, 0.2) is 0 Å². The van der Waals surface area contributed by atoms with Gasteiger partial charge >= 0.3 is 0 Å². The number of amides is 2. The molecule has 0 saturated carbocycles. The molecule has 1 heterocycles. The average Bonchev–Trinajstić information content (AvgIpc) is 2.56. The minimum absolute atomic E-state index is 0.0691. The second-order valence-corrected chi connectivity index (χ2v) is 6.62. The molecule has 24 heavy (non-hydrogen) atoms. The molecule has 1 fully saturated rings. The first-order chi connectivity index (χ1) is 11.4. The van der Waals surface area contributed by atoms with Crippen LogP contribution in [0.15, 0.2) is 18.2 Å². The molecule has 6 heteroatoms. The summed E-state index contributed by atoms with van der Waals surface area (Å²) in [6.45, 7) is 9.55. The Hall–Kier alpha value is -1.95. The maximum atomic E-state index is 13.9. The lowest BCUT2D eigenvalue weighted by atomic mass is 9.96. The summed E-state index contributed by atoms with van der Waals surface area (Å²) in [6, 6.07) is 5.17. The lowest BCUT2D eigenvalue weighted by Crippen LogP contribution is -2.50. The van der Waals surface area contributed by atoms with E-state index in [1.807, 2.05) is 11.8 Å². The largest absolute Gasteiger partial charge is 0.340 e. The molecule has 1 aliphatic rings. The van der Waals surface area contributed by atoms with Crippen molar-refractivity contribution in [3.05, 3.63) is 29.6 Å². The quantitative estimate of drug-likeness (QED) is 0.813. The van der Waals surface area contributed by atoms with E-state index < -0.39 is 5.82 Å². The second kappa shape index (κ2) is 8.24. The number of hydrogen-bond donors (Lipinski definition) is 1. The fourth-order valence-electron chi connectivity index (χ4n) is 3.02. The van der Waals surface area contributed by atoms with Crippen molar-refractivity contribution in [2.75, 3.05) is 31.5 Å². The second-order valence-electron chi connectivity index (χ2n) is 6.62. The summed E-state index contributed by atoms with van der Waals surface area (Å²) in [5.74, 6) is -0.439. The van der Waals surface area contributed by atoms with Crippen LogP contribution in [0.2, 0.25) is 0 Å².